The molecule has 1 aromatic heterocycles. The van der Waals surface area contributed by atoms with Crippen LogP contribution in [0.2, 0.25) is 0 Å². The summed E-state index contributed by atoms with van der Waals surface area (Å²) in [5.41, 5.74) is 2.92. The van der Waals surface area contributed by atoms with Gasteiger partial charge in [-0.3, -0.25) is 10.1 Å². The molecule has 136 valence electrons. The van der Waals surface area contributed by atoms with Crippen molar-refractivity contribution >= 4 is 28.7 Å². The highest BCUT2D eigenvalue weighted by Gasteiger charge is 2.33. The maximum absolute atomic E-state index is 12.0. The first-order valence-corrected chi connectivity index (χ1v) is 8.88. The fraction of sp³-hybridized carbons (Fsp3) is 0.200. The smallest absolute Gasteiger partial charge is 0.321 e. The molecule has 2 heterocycles. The summed E-state index contributed by atoms with van der Waals surface area (Å²) in [6.07, 6.45) is 2.24. The summed E-state index contributed by atoms with van der Waals surface area (Å²) in [7, 11) is 0. The van der Waals surface area contributed by atoms with E-state index in [1.54, 1.807) is 0 Å². The lowest BCUT2D eigenvalue weighted by molar-refractivity contribution is -0.383. The summed E-state index contributed by atoms with van der Waals surface area (Å²) < 4.78 is 0. The Morgan fingerprint density at radius 1 is 1.11 bits per heavy atom. The Morgan fingerprint density at radius 3 is 2.59 bits per heavy atom. The van der Waals surface area contributed by atoms with Crippen LogP contribution in [0.3, 0.4) is 0 Å². The second-order valence-electron chi connectivity index (χ2n) is 6.24. The Balaban J connectivity index is 1.86. The van der Waals surface area contributed by atoms with Crippen molar-refractivity contribution < 1.29 is 4.92 Å². The van der Waals surface area contributed by atoms with Gasteiger partial charge in [0.2, 0.25) is 11.6 Å². The molecule has 0 fully saturated rings. The molecule has 0 saturated carbocycles. The van der Waals surface area contributed by atoms with Gasteiger partial charge in [0.1, 0.15) is 6.33 Å². The molecule has 0 bridgehead atoms. The molecule has 27 heavy (non-hydrogen) atoms. The standard InChI is InChI=1S/C20H19N5O2/c1-2-23(16-9-4-3-5-10-16)19-18(25(26)27)20(22-14-21-19)24-13-12-15-8-6-7-11-17(15)24/h3-11,14H,2,12-13H2,1H3. The maximum Gasteiger partial charge on any atom is 0.354 e. The minimum absolute atomic E-state index is 0.0695. The van der Waals surface area contributed by atoms with Crippen LogP contribution in [0.5, 0.6) is 0 Å². The first-order chi connectivity index (χ1) is 13.2. The van der Waals surface area contributed by atoms with Gasteiger partial charge in [-0.2, -0.15) is 0 Å². The van der Waals surface area contributed by atoms with E-state index in [4.69, 9.17) is 0 Å². The van der Waals surface area contributed by atoms with Crippen LogP contribution in [-0.4, -0.2) is 28.0 Å². The molecule has 7 heteroatoms. The molecule has 0 spiro atoms. The quantitative estimate of drug-likeness (QED) is 0.500. The van der Waals surface area contributed by atoms with Crippen molar-refractivity contribution in [2.24, 2.45) is 0 Å². The fourth-order valence-corrected chi connectivity index (χ4v) is 3.54. The number of nitrogens with zero attached hydrogens (tertiary/aromatic N) is 5. The Hall–Kier alpha value is -3.48. The Morgan fingerprint density at radius 2 is 1.85 bits per heavy atom. The first kappa shape index (κ1) is 17.0. The second-order valence-corrected chi connectivity index (χ2v) is 6.24. The van der Waals surface area contributed by atoms with E-state index < -0.39 is 0 Å². The van der Waals surface area contributed by atoms with Gasteiger partial charge in [0, 0.05) is 24.5 Å². The van der Waals surface area contributed by atoms with Crippen molar-refractivity contribution in [1.29, 1.82) is 0 Å². The van der Waals surface area contributed by atoms with Crippen LogP contribution < -0.4 is 9.80 Å². The molecule has 2 aromatic carbocycles. The number of rotatable bonds is 5. The van der Waals surface area contributed by atoms with Gasteiger partial charge >= 0.3 is 5.69 Å². The lowest BCUT2D eigenvalue weighted by Crippen LogP contribution is -2.22. The van der Waals surface area contributed by atoms with Gasteiger partial charge in [0.25, 0.3) is 0 Å². The number of nitro groups is 1. The number of benzene rings is 2. The van der Waals surface area contributed by atoms with E-state index >= 15 is 0 Å². The highest BCUT2D eigenvalue weighted by atomic mass is 16.6. The Bertz CT molecular complexity index is 957. The highest BCUT2D eigenvalue weighted by Crippen LogP contribution is 2.42. The molecule has 0 amide bonds. The third-order valence-corrected chi connectivity index (χ3v) is 4.75. The predicted octanol–water partition coefficient (Wildman–Crippen LogP) is 4.24. The topological polar surface area (TPSA) is 75.4 Å². The van der Waals surface area contributed by atoms with Crippen molar-refractivity contribution in [3.63, 3.8) is 0 Å². The molecule has 1 aliphatic rings. The van der Waals surface area contributed by atoms with Gasteiger partial charge in [0.05, 0.1) is 4.92 Å². The van der Waals surface area contributed by atoms with E-state index in [0.717, 1.165) is 17.8 Å². The van der Waals surface area contributed by atoms with Crippen LogP contribution in [0.1, 0.15) is 12.5 Å². The van der Waals surface area contributed by atoms with E-state index in [0.29, 0.717) is 24.7 Å². The Kier molecular flexibility index (Phi) is 4.42. The first-order valence-electron chi connectivity index (χ1n) is 8.88. The molecule has 0 aliphatic carbocycles. The van der Waals surface area contributed by atoms with Crippen molar-refractivity contribution in [2.75, 3.05) is 22.9 Å². The summed E-state index contributed by atoms with van der Waals surface area (Å²) >= 11 is 0. The minimum Gasteiger partial charge on any atom is -0.321 e. The van der Waals surface area contributed by atoms with Crippen molar-refractivity contribution in [3.05, 3.63) is 76.6 Å². The molecule has 4 rings (SSSR count). The van der Waals surface area contributed by atoms with Crippen LogP contribution in [0.4, 0.5) is 28.7 Å². The fourth-order valence-electron chi connectivity index (χ4n) is 3.54. The van der Waals surface area contributed by atoms with Crippen LogP contribution in [0.25, 0.3) is 0 Å². The van der Waals surface area contributed by atoms with Gasteiger partial charge in [-0.25, -0.2) is 9.97 Å². The lowest BCUT2D eigenvalue weighted by atomic mass is 10.2. The molecular formula is C20H19N5O2. The van der Waals surface area contributed by atoms with E-state index in [2.05, 4.69) is 9.97 Å². The monoisotopic (exact) mass is 361 g/mol. The number of para-hydroxylation sites is 2. The zero-order valence-corrected chi connectivity index (χ0v) is 14.9. The number of fused-ring (bicyclic) bond motifs is 1. The van der Waals surface area contributed by atoms with E-state index in [1.807, 2.05) is 71.3 Å². The normalized spacial score (nSPS) is 12.7. The van der Waals surface area contributed by atoms with Crippen LogP contribution in [0.15, 0.2) is 60.9 Å². The molecule has 0 radical (unpaired) electrons. The summed E-state index contributed by atoms with van der Waals surface area (Å²) in [4.78, 5) is 24.0. The average molecular weight is 361 g/mol. The third-order valence-electron chi connectivity index (χ3n) is 4.75. The summed E-state index contributed by atoms with van der Waals surface area (Å²) in [5, 5.41) is 12.0. The zero-order chi connectivity index (χ0) is 18.8. The van der Waals surface area contributed by atoms with Gasteiger partial charge < -0.3 is 9.80 Å². The van der Waals surface area contributed by atoms with Crippen molar-refractivity contribution in [3.8, 4) is 0 Å². The second kappa shape index (κ2) is 7.03. The number of hydrogen-bond acceptors (Lipinski definition) is 6. The Labute approximate surface area is 157 Å². The summed E-state index contributed by atoms with van der Waals surface area (Å²) in [6.45, 7) is 3.16. The molecule has 0 unspecified atom stereocenters. The van der Waals surface area contributed by atoms with Crippen LogP contribution in [0, 0.1) is 10.1 Å². The predicted molar refractivity (Wildman–Crippen MR) is 105 cm³/mol. The number of hydrogen-bond donors (Lipinski definition) is 0. The molecule has 0 saturated heterocycles. The van der Waals surface area contributed by atoms with Gasteiger partial charge in [-0.15, -0.1) is 0 Å². The minimum atomic E-state index is -0.378. The largest absolute Gasteiger partial charge is 0.354 e. The molecule has 3 aromatic rings. The lowest BCUT2D eigenvalue weighted by Gasteiger charge is -2.24. The van der Waals surface area contributed by atoms with Crippen molar-refractivity contribution in [2.45, 2.75) is 13.3 Å². The number of anilines is 4. The zero-order valence-electron chi connectivity index (χ0n) is 14.9. The number of aromatic nitrogens is 2. The third kappa shape index (κ3) is 2.97. The van der Waals surface area contributed by atoms with Crippen LogP contribution >= 0.6 is 0 Å². The molecule has 7 nitrogen and oxygen atoms in total. The molecule has 0 N–H and O–H groups in total. The van der Waals surface area contributed by atoms with Gasteiger partial charge in [-0.05, 0) is 37.1 Å². The SMILES string of the molecule is CCN(c1ccccc1)c1ncnc(N2CCc3ccccc32)c1[N+](=O)[O-]. The van der Waals surface area contributed by atoms with E-state index in [-0.39, 0.29) is 10.6 Å². The maximum atomic E-state index is 12.0. The van der Waals surface area contributed by atoms with E-state index in [1.165, 1.54) is 11.9 Å². The van der Waals surface area contributed by atoms with E-state index in [9.17, 15) is 10.1 Å². The summed E-state index contributed by atoms with van der Waals surface area (Å²) in [5.74, 6) is 0.646. The molecule has 1 aliphatic heterocycles. The summed E-state index contributed by atoms with van der Waals surface area (Å²) in [6, 6.07) is 17.5. The van der Waals surface area contributed by atoms with Crippen molar-refractivity contribution in [1.82, 2.24) is 9.97 Å². The molecule has 0 atom stereocenters. The van der Waals surface area contributed by atoms with Crippen LogP contribution in [-0.2, 0) is 6.42 Å². The average Bonchev–Trinajstić information content (AvgIpc) is 3.13. The molecular weight excluding hydrogens is 342 g/mol. The highest BCUT2D eigenvalue weighted by molar-refractivity contribution is 5.81. The van der Waals surface area contributed by atoms with Gasteiger partial charge in [-0.1, -0.05) is 36.4 Å². The van der Waals surface area contributed by atoms with Gasteiger partial charge in [0.15, 0.2) is 0 Å².